The van der Waals surface area contributed by atoms with Crippen molar-refractivity contribution < 1.29 is 19.1 Å². The molecule has 0 unspecified atom stereocenters. The summed E-state index contributed by atoms with van der Waals surface area (Å²) in [5.41, 5.74) is 1.10. The van der Waals surface area contributed by atoms with Gasteiger partial charge in [-0.25, -0.2) is 9.69 Å². The molecule has 2 atom stereocenters. The molecule has 0 aromatic heterocycles. The molecule has 0 spiro atoms. The summed E-state index contributed by atoms with van der Waals surface area (Å²) in [4.78, 5) is 26.1. The molecule has 1 aromatic rings. The number of hydrogen-bond donors (Lipinski definition) is 0. The first-order valence-electron chi connectivity index (χ1n) is 9.85. The second kappa shape index (κ2) is 9.07. The van der Waals surface area contributed by atoms with Gasteiger partial charge in [0.2, 0.25) is 5.91 Å². The number of cyclic esters (lactones) is 1. The minimum Gasteiger partial charge on any atom is -0.447 e. The number of amides is 2. The molecule has 2 amide bonds. The molecule has 0 N–H and O–H groups in total. The second-order valence-electron chi connectivity index (χ2n) is 7.54. The van der Waals surface area contributed by atoms with Crippen LogP contribution in [0.2, 0.25) is 5.02 Å². The van der Waals surface area contributed by atoms with Crippen LogP contribution in [0.3, 0.4) is 0 Å². The van der Waals surface area contributed by atoms with E-state index in [1.807, 2.05) is 38.1 Å². The number of carbonyl (C=O) groups excluding carboxylic acids is 2. The molecule has 0 bridgehead atoms. The molecule has 0 radical (unpaired) electrons. The Balaban J connectivity index is 1.75. The molecule has 148 valence electrons. The predicted molar refractivity (Wildman–Crippen MR) is 104 cm³/mol. The second-order valence-corrected chi connectivity index (χ2v) is 7.98. The van der Waals surface area contributed by atoms with E-state index in [-0.39, 0.29) is 24.5 Å². The summed E-state index contributed by atoms with van der Waals surface area (Å²) in [7, 11) is 0. The quantitative estimate of drug-likeness (QED) is 0.698. The molecule has 3 rings (SSSR count). The van der Waals surface area contributed by atoms with E-state index in [1.165, 1.54) is 4.90 Å². The number of ether oxygens (including phenoxy) is 2. The van der Waals surface area contributed by atoms with Crippen LogP contribution in [-0.4, -0.2) is 42.3 Å². The van der Waals surface area contributed by atoms with E-state index < -0.39 is 6.09 Å². The van der Waals surface area contributed by atoms with Gasteiger partial charge in [0.25, 0.3) is 0 Å². The fraction of sp³-hybridized carbons (Fsp3) is 0.619. The van der Waals surface area contributed by atoms with Crippen LogP contribution in [0.15, 0.2) is 24.3 Å². The van der Waals surface area contributed by atoms with Crippen molar-refractivity contribution in [3.63, 3.8) is 0 Å². The van der Waals surface area contributed by atoms with Crippen molar-refractivity contribution in [3.05, 3.63) is 34.9 Å². The van der Waals surface area contributed by atoms with Gasteiger partial charge in [0.15, 0.2) is 0 Å². The highest BCUT2D eigenvalue weighted by molar-refractivity contribution is 6.30. The van der Waals surface area contributed by atoms with E-state index in [0.717, 1.165) is 37.9 Å². The monoisotopic (exact) mass is 393 g/mol. The minimum atomic E-state index is -0.526. The molecule has 2 aliphatic rings. The van der Waals surface area contributed by atoms with E-state index in [2.05, 4.69) is 0 Å². The van der Waals surface area contributed by atoms with E-state index in [9.17, 15) is 9.59 Å². The number of nitrogens with zero attached hydrogens (tertiary/aromatic N) is 1. The first kappa shape index (κ1) is 20.2. The lowest BCUT2D eigenvalue weighted by Crippen LogP contribution is -2.39. The Morgan fingerprint density at radius 1 is 1.26 bits per heavy atom. The Hall–Kier alpha value is -1.59. The molecular weight excluding hydrogens is 366 g/mol. The molecular formula is C21H28ClNO4. The highest BCUT2D eigenvalue weighted by atomic mass is 35.5. The predicted octanol–water partition coefficient (Wildman–Crippen LogP) is 4.78. The number of imide groups is 1. The lowest BCUT2D eigenvalue weighted by Gasteiger charge is -2.34. The average molecular weight is 394 g/mol. The number of halogens is 1. The van der Waals surface area contributed by atoms with E-state index in [4.69, 9.17) is 21.1 Å². The number of rotatable bonds is 6. The van der Waals surface area contributed by atoms with Crippen LogP contribution in [0.25, 0.3) is 0 Å². The van der Waals surface area contributed by atoms with Crippen LogP contribution in [0.1, 0.15) is 57.4 Å². The zero-order valence-corrected chi connectivity index (χ0v) is 16.8. The fourth-order valence-electron chi connectivity index (χ4n) is 4.31. The molecule has 1 aromatic carbocycles. The third-order valence-corrected chi connectivity index (χ3v) is 5.99. The van der Waals surface area contributed by atoms with Crippen molar-refractivity contribution in [3.8, 4) is 0 Å². The van der Waals surface area contributed by atoms with E-state index >= 15 is 0 Å². The number of hydrogen-bond acceptors (Lipinski definition) is 4. The minimum absolute atomic E-state index is 0.0675. The molecule has 1 heterocycles. The summed E-state index contributed by atoms with van der Waals surface area (Å²) in [5.74, 6) is 0.301. The summed E-state index contributed by atoms with van der Waals surface area (Å²) in [6, 6.07) is 7.53. The van der Waals surface area contributed by atoms with Gasteiger partial charge in [-0.15, -0.1) is 0 Å². The van der Waals surface area contributed by atoms with Crippen LogP contribution < -0.4 is 0 Å². The zero-order valence-electron chi connectivity index (χ0n) is 16.0. The van der Waals surface area contributed by atoms with Crippen LogP contribution in [0.4, 0.5) is 4.79 Å². The van der Waals surface area contributed by atoms with Gasteiger partial charge in [-0.05, 0) is 69.1 Å². The van der Waals surface area contributed by atoms with Gasteiger partial charge in [-0.3, -0.25) is 4.79 Å². The van der Waals surface area contributed by atoms with Gasteiger partial charge in [0, 0.05) is 18.1 Å². The number of carbonyl (C=O) groups is 2. The van der Waals surface area contributed by atoms with Crippen molar-refractivity contribution in [1.82, 2.24) is 4.90 Å². The Morgan fingerprint density at radius 2 is 1.93 bits per heavy atom. The van der Waals surface area contributed by atoms with Gasteiger partial charge >= 0.3 is 6.09 Å². The molecule has 6 heteroatoms. The van der Waals surface area contributed by atoms with Gasteiger partial charge in [0.1, 0.15) is 6.61 Å². The maximum absolute atomic E-state index is 12.9. The zero-order chi connectivity index (χ0) is 19.4. The average Bonchev–Trinajstić information content (AvgIpc) is 3.00. The van der Waals surface area contributed by atoms with Crippen molar-refractivity contribution in [2.75, 3.05) is 13.2 Å². The molecule has 27 heavy (non-hydrogen) atoms. The molecule has 5 nitrogen and oxygen atoms in total. The first-order valence-corrected chi connectivity index (χ1v) is 10.2. The molecule has 1 saturated carbocycles. The lowest BCUT2D eigenvalue weighted by molar-refractivity contribution is -0.129. The largest absolute Gasteiger partial charge is 0.447 e. The summed E-state index contributed by atoms with van der Waals surface area (Å²) < 4.78 is 10.8. The Kier molecular flexibility index (Phi) is 6.77. The van der Waals surface area contributed by atoms with Gasteiger partial charge in [-0.1, -0.05) is 23.7 Å². The third kappa shape index (κ3) is 4.82. The molecule has 1 aliphatic heterocycles. The molecule has 1 saturated heterocycles. The fourth-order valence-corrected chi connectivity index (χ4v) is 4.44. The summed E-state index contributed by atoms with van der Waals surface area (Å²) in [5, 5.41) is 0.681. The lowest BCUT2D eigenvalue weighted by atomic mass is 9.74. The maximum atomic E-state index is 12.9. The smallest absolute Gasteiger partial charge is 0.416 e. The summed E-state index contributed by atoms with van der Waals surface area (Å²) >= 11 is 6.05. The standard InChI is InChI=1S/C21H28ClNO4/c1-3-26-18-10-6-16(7-11-18)19(15-4-8-17(22)9-5-15)12-20(24)23-14(2)13-27-21(23)25/h4-5,8-9,14,16,18-19H,3,6-7,10-13H2,1-2H3/t14-,16?,18?,19+/m1/s1. The van der Waals surface area contributed by atoms with Crippen LogP contribution >= 0.6 is 11.6 Å². The van der Waals surface area contributed by atoms with Gasteiger partial charge in [-0.2, -0.15) is 0 Å². The van der Waals surface area contributed by atoms with Crippen molar-refractivity contribution in [2.45, 2.75) is 64.0 Å². The highest BCUT2D eigenvalue weighted by Crippen LogP contribution is 2.40. The maximum Gasteiger partial charge on any atom is 0.416 e. The van der Waals surface area contributed by atoms with Crippen LogP contribution in [0.5, 0.6) is 0 Å². The van der Waals surface area contributed by atoms with Gasteiger partial charge in [0.05, 0.1) is 12.1 Å². The van der Waals surface area contributed by atoms with Crippen LogP contribution in [-0.2, 0) is 14.3 Å². The summed E-state index contributed by atoms with van der Waals surface area (Å²) in [6.45, 7) is 4.88. The van der Waals surface area contributed by atoms with Crippen molar-refractivity contribution in [2.24, 2.45) is 5.92 Å². The Morgan fingerprint density at radius 3 is 2.48 bits per heavy atom. The molecule has 1 aliphatic carbocycles. The van der Waals surface area contributed by atoms with Crippen LogP contribution in [0, 0.1) is 5.92 Å². The third-order valence-electron chi connectivity index (χ3n) is 5.74. The van der Waals surface area contributed by atoms with E-state index in [0.29, 0.717) is 23.5 Å². The SMILES string of the molecule is CCOC1CCC([C@@H](CC(=O)N2C(=O)OC[C@H]2C)c2ccc(Cl)cc2)CC1. The van der Waals surface area contributed by atoms with Crippen molar-refractivity contribution in [1.29, 1.82) is 0 Å². The van der Waals surface area contributed by atoms with Gasteiger partial charge < -0.3 is 9.47 Å². The molecule has 2 fully saturated rings. The Bertz CT molecular complexity index is 655. The topological polar surface area (TPSA) is 55.8 Å². The normalized spacial score (nSPS) is 26.7. The van der Waals surface area contributed by atoms with Crippen molar-refractivity contribution >= 4 is 23.6 Å². The number of benzene rings is 1. The highest BCUT2D eigenvalue weighted by Gasteiger charge is 2.38. The summed E-state index contributed by atoms with van der Waals surface area (Å²) in [6.07, 6.45) is 4.17. The first-order chi connectivity index (χ1) is 13.0. The van der Waals surface area contributed by atoms with E-state index in [1.54, 1.807) is 0 Å². The Labute approximate surface area is 166 Å².